The lowest BCUT2D eigenvalue weighted by molar-refractivity contribution is -0.128. The number of halogens is 1. The van der Waals surface area contributed by atoms with Crippen molar-refractivity contribution in [2.24, 2.45) is 0 Å². The Morgan fingerprint density at radius 3 is 2.60 bits per heavy atom. The minimum atomic E-state index is -0.889. The zero-order valence-corrected chi connectivity index (χ0v) is 9.81. The lowest BCUT2D eigenvalue weighted by Crippen LogP contribution is -2.40. The lowest BCUT2D eigenvalue weighted by atomic mass is 10.2. The van der Waals surface area contributed by atoms with Crippen LogP contribution in [0.1, 0.15) is 12.8 Å². The van der Waals surface area contributed by atoms with Crippen LogP contribution in [0, 0.1) is 0 Å². The molecule has 1 N–H and O–H groups in total. The van der Waals surface area contributed by atoms with Crippen molar-refractivity contribution in [3.63, 3.8) is 0 Å². The Bertz CT molecular complexity index is 297. The highest BCUT2D eigenvalue weighted by atomic mass is 79.9. The predicted molar refractivity (Wildman–Crippen MR) is 57.0 cm³/mol. The second kappa shape index (κ2) is 4.00. The van der Waals surface area contributed by atoms with Crippen LogP contribution >= 0.6 is 15.9 Å². The van der Waals surface area contributed by atoms with Crippen molar-refractivity contribution < 1.29 is 14.7 Å². The summed E-state index contributed by atoms with van der Waals surface area (Å²) in [4.78, 5) is 25.5. The quantitative estimate of drug-likeness (QED) is 0.719. The SMILES string of the molecule is O=C(O)N1CCC(N2CCC(Br)C2=O)C1. The van der Waals surface area contributed by atoms with Crippen LogP contribution in [0.5, 0.6) is 0 Å². The molecule has 2 aliphatic rings. The number of alkyl halides is 1. The van der Waals surface area contributed by atoms with Gasteiger partial charge in [0, 0.05) is 19.6 Å². The van der Waals surface area contributed by atoms with E-state index in [1.165, 1.54) is 4.90 Å². The summed E-state index contributed by atoms with van der Waals surface area (Å²) < 4.78 is 0. The molecule has 6 heteroatoms. The second-order valence-corrected chi connectivity index (χ2v) is 5.06. The minimum absolute atomic E-state index is 0.0728. The fourth-order valence-corrected chi connectivity index (χ4v) is 2.67. The van der Waals surface area contributed by atoms with Crippen molar-refractivity contribution in [1.29, 1.82) is 0 Å². The molecule has 2 heterocycles. The molecule has 2 aliphatic heterocycles. The van der Waals surface area contributed by atoms with Crippen molar-refractivity contribution in [2.75, 3.05) is 19.6 Å². The molecule has 0 saturated carbocycles. The molecule has 0 spiro atoms. The van der Waals surface area contributed by atoms with Crippen molar-refractivity contribution in [3.05, 3.63) is 0 Å². The summed E-state index contributed by atoms with van der Waals surface area (Å²) in [5.74, 6) is 0.104. The van der Waals surface area contributed by atoms with E-state index in [0.29, 0.717) is 13.1 Å². The van der Waals surface area contributed by atoms with E-state index in [2.05, 4.69) is 15.9 Å². The van der Waals surface area contributed by atoms with Crippen LogP contribution in [0.3, 0.4) is 0 Å². The van der Waals surface area contributed by atoms with Crippen molar-refractivity contribution in [3.8, 4) is 0 Å². The molecule has 0 radical (unpaired) electrons. The third-order valence-corrected chi connectivity index (χ3v) is 3.90. The number of hydrogen-bond donors (Lipinski definition) is 1. The van der Waals surface area contributed by atoms with Crippen LogP contribution in [0.2, 0.25) is 0 Å². The van der Waals surface area contributed by atoms with E-state index >= 15 is 0 Å². The number of carbonyl (C=O) groups excluding carboxylic acids is 1. The Labute approximate surface area is 96.2 Å². The lowest BCUT2D eigenvalue weighted by Gasteiger charge is -2.23. The Kier molecular flexibility index (Phi) is 2.86. The topological polar surface area (TPSA) is 60.9 Å². The summed E-state index contributed by atoms with van der Waals surface area (Å²) in [5, 5.41) is 8.80. The number of nitrogens with zero attached hydrogens (tertiary/aromatic N) is 2. The summed E-state index contributed by atoms with van der Waals surface area (Å²) in [6.07, 6.45) is 0.694. The van der Waals surface area contributed by atoms with Crippen LogP contribution in [-0.4, -0.2) is 57.4 Å². The third kappa shape index (κ3) is 1.95. The average Bonchev–Trinajstić information content (AvgIpc) is 2.76. The van der Waals surface area contributed by atoms with Gasteiger partial charge in [0.05, 0.1) is 10.9 Å². The monoisotopic (exact) mass is 276 g/mol. The molecule has 2 unspecified atom stereocenters. The first-order chi connectivity index (χ1) is 7.09. The summed E-state index contributed by atoms with van der Waals surface area (Å²) in [5.41, 5.74) is 0. The van der Waals surface area contributed by atoms with Gasteiger partial charge in [0.15, 0.2) is 0 Å². The molecule has 0 aromatic carbocycles. The molecular formula is C9H13BrN2O3. The van der Waals surface area contributed by atoms with E-state index in [9.17, 15) is 9.59 Å². The van der Waals surface area contributed by atoms with E-state index in [0.717, 1.165) is 19.4 Å². The highest BCUT2D eigenvalue weighted by molar-refractivity contribution is 9.10. The first-order valence-electron chi connectivity index (χ1n) is 5.02. The Morgan fingerprint density at radius 2 is 2.13 bits per heavy atom. The highest BCUT2D eigenvalue weighted by Crippen LogP contribution is 2.25. The van der Waals surface area contributed by atoms with Gasteiger partial charge in [-0.15, -0.1) is 0 Å². The van der Waals surface area contributed by atoms with Gasteiger partial charge < -0.3 is 14.9 Å². The van der Waals surface area contributed by atoms with Gasteiger partial charge in [0.25, 0.3) is 0 Å². The van der Waals surface area contributed by atoms with Gasteiger partial charge in [-0.3, -0.25) is 4.79 Å². The van der Waals surface area contributed by atoms with Gasteiger partial charge in [-0.25, -0.2) is 4.79 Å². The Balaban J connectivity index is 1.97. The zero-order chi connectivity index (χ0) is 11.0. The molecule has 2 fully saturated rings. The molecule has 0 bridgehead atoms. The average molecular weight is 277 g/mol. The number of hydrogen-bond acceptors (Lipinski definition) is 2. The van der Waals surface area contributed by atoms with Crippen molar-refractivity contribution in [1.82, 2.24) is 9.80 Å². The Hall–Kier alpha value is -0.780. The molecule has 2 saturated heterocycles. The van der Waals surface area contributed by atoms with Gasteiger partial charge in [0.2, 0.25) is 5.91 Å². The third-order valence-electron chi connectivity index (χ3n) is 3.05. The summed E-state index contributed by atoms with van der Waals surface area (Å²) in [6.45, 7) is 1.74. The molecule has 0 aromatic heterocycles. The van der Waals surface area contributed by atoms with Gasteiger partial charge >= 0.3 is 6.09 Å². The highest BCUT2D eigenvalue weighted by Gasteiger charge is 2.38. The maximum atomic E-state index is 11.7. The van der Waals surface area contributed by atoms with Gasteiger partial charge in [-0.2, -0.15) is 0 Å². The van der Waals surface area contributed by atoms with Crippen LogP contribution in [-0.2, 0) is 4.79 Å². The van der Waals surface area contributed by atoms with Crippen LogP contribution in [0.25, 0.3) is 0 Å². The molecule has 0 aliphatic carbocycles. The smallest absolute Gasteiger partial charge is 0.407 e. The normalized spacial score (nSPS) is 31.4. The predicted octanol–water partition coefficient (Wildman–Crippen LogP) is 0.735. The largest absolute Gasteiger partial charge is 0.465 e. The first kappa shape index (κ1) is 10.7. The van der Waals surface area contributed by atoms with E-state index in [1.807, 2.05) is 4.90 Å². The molecule has 5 nitrogen and oxygen atoms in total. The standard InChI is InChI=1S/C9H13BrN2O3/c10-7-2-4-12(8(7)13)6-1-3-11(5-6)9(14)15/h6-7H,1-5H2,(H,14,15). The van der Waals surface area contributed by atoms with Crippen LogP contribution in [0.4, 0.5) is 4.79 Å². The maximum absolute atomic E-state index is 11.7. The number of rotatable bonds is 1. The summed E-state index contributed by atoms with van der Waals surface area (Å²) >= 11 is 3.31. The summed E-state index contributed by atoms with van der Waals surface area (Å²) in [7, 11) is 0. The molecule has 2 atom stereocenters. The van der Waals surface area contributed by atoms with Crippen molar-refractivity contribution >= 4 is 27.9 Å². The molecule has 2 rings (SSSR count). The van der Waals surface area contributed by atoms with Gasteiger partial charge in [-0.1, -0.05) is 15.9 Å². The van der Waals surface area contributed by atoms with E-state index in [1.54, 1.807) is 0 Å². The van der Waals surface area contributed by atoms with E-state index in [4.69, 9.17) is 5.11 Å². The number of carboxylic acid groups (broad SMARTS) is 1. The van der Waals surface area contributed by atoms with Gasteiger partial charge in [-0.05, 0) is 12.8 Å². The zero-order valence-electron chi connectivity index (χ0n) is 8.23. The number of likely N-dealkylation sites (tertiary alicyclic amines) is 2. The molecule has 84 valence electrons. The molecule has 2 amide bonds. The maximum Gasteiger partial charge on any atom is 0.407 e. The van der Waals surface area contributed by atoms with E-state index in [-0.39, 0.29) is 16.8 Å². The fourth-order valence-electron chi connectivity index (χ4n) is 2.20. The van der Waals surface area contributed by atoms with Crippen LogP contribution in [0.15, 0.2) is 0 Å². The van der Waals surface area contributed by atoms with Gasteiger partial charge in [0.1, 0.15) is 0 Å². The fraction of sp³-hybridized carbons (Fsp3) is 0.778. The summed E-state index contributed by atoms with van der Waals surface area (Å²) in [6, 6.07) is 0.0798. The van der Waals surface area contributed by atoms with Crippen molar-refractivity contribution in [2.45, 2.75) is 23.7 Å². The molecule has 15 heavy (non-hydrogen) atoms. The Morgan fingerprint density at radius 1 is 1.40 bits per heavy atom. The number of amides is 2. The van der Waals surface area contributed by atoms with Crippen LogP contribution < -0.4 is 0 Å². The molecule has 0 aromatic rings. The number of carbonyl (C=O) groups is 2. The second-order valence-electron chi connectivity index (χ2n) is 3.96. The first-order valence-corrected chi connectivity index (χ1v) is 5.93. The minimum Gasteiger partial charge on any atom is -0.465 e. The molecular weight excluding hydrogens is 264 g/mol. The van der Waals surface area contributed by atoms with E-state index < -0.39 is 6.09 Å².